The molecular formula is C12H17FN2O3. The van der Waals surface area contributed by atoms with Crippen LogP contribution in [0.3, 0.4) is 0 Å². The average molecular weight is 256 g/mol. The number of nitrogen functional groups attached to an aromatic ring is 1. The fourth-order valence-corrected chi connectivity index (χ4v) is 1.66. The minimum Gasteiger partial charge on any atom is -0.505 e. The third-order valence-electron chi connectivity index (χ3n) is 2.63. The van der Waals surface area contributed by atoms with E-state index in [0.717, 1.165) is 0 Å². The van der Waals surface area contributed by atoms with E-state index in [1.165, 1.54) is 6.07 Å². The van der Waals surface area contributed by atoms with Crippen LogP contribution in [-0.4, -0.2) is 23.9 Å². The topological polar surface area (TPSA) is 98.6 Å². The van der Waals surface area contributed by atoms with E-state index in [1.807, 2.05) is 0 Å². The van der Waals surface area contributed by atoms with E-state index in [1.54, 1.807) is 19.9 Å². The summed E-state index contributed by atoms with van der Waals surface area (Å²) in [6, 6.07) is 1.77. The van der Waals surface area contributed by atoms with E-state index in [-0.39, 0.29) is 23.6 Å². The normalized spacial score (nSPS) is 14.0. The summed E-state index contributed by atoms with van der Waals surface area (Å²) in [7, 11) is 0. The Labute approximate surface area is 105 Å². The van der Waals surface area contributed by atoms with Crippen molar-refractivity contribution in [2.75, 3.05) is 12.3 Å². The van der Waals surface area contributed by atoms with E-state index in [2.05, 4.69) is 4.74 Å². The van der Waals surface area contributed by atoms with Crippen LogP contribution in [0.15, 0.2) is 12.1 Å². The molecule has 2 atom stereocenters. The molecule has 0 aliphatic carbocycles. The molecule has 1 aromatic carbocycles. The molecule has 0 bridgehead atoms. The van der Waals surface area contributed by atoms with Crippen LogP contribution in [0.1, 0.15) is 24.1 Å². The van der Waals surface area contributed by atoms with Crippen LogP contribution in [-0.2, 0) is 9.53 Å². The first-order valence-corrected chi connectivity index (χ1v) is 5.54. The van der Waals surface area contributed by atoms with Crippen molar-refractivity contribution in [2.45, 2.75) is 26.1 Å². The van der Waals surface area contributed by atoms with Crippen LogP contribution < -0.4 is 11.5 Å². The third kappa shape index (κ3) is 2.70. The van der Waals surface area contributed by atoms with Gasteiger partial charge in [0.25, 0.3) is 0 Å². The number of anilines is 1. The number of aromatic hydroxyl groups is 1. The number of esters is 1. The summed E-state index contributed by atoms with van der Waals surface area (Å²) in [5.41, 5.74) is 11.9. The van der Waals surface area contributed by atoms with Crippen molar-refractivity contribution in [2.24, 2.45) is 5.73 Å². The number of halogens is 1. The number of benzene rings is 1. The highest BCUT2D eigenvalue weighted by Crippen LogP contribution is 2.34. The predicted octanol–water partition coefficient (Wildman–Crippen LogP) is 1.18. The zero-order valence-electron chi connectivity index (χ0n) is 10.3. The lowest BCUT2D eigenvalue weighted by Gasteiger charge is -2.19. The van der Waals surface area contributed by atoms with Crippen molar-refractivity contribution in [1.29, 1.82) is 0 Å². The predicted molar refractivity (Wildman–Crippen MR) is 65.7 cm³/mol. The van der Waals surface area contributed by atoms with Gasteiger partial charge >= 0.3 is 5.97 Å². The molecule has 0 spiro atoms. The second-order valence-electron chi connectivity index (χ2n) is 3.91. The Morgan fingerprint density at radius 1 is 1.56 bits per heavy atom. The minimum absolute atomic E-state index is 0.0634. The van der Waals surface area contributed by atoms with Crippen molar-refractivity contribution in [3.63, 3.8) is 0 Å². The molecule has 0 saturated carbocycles. The number of alkyl halides is 1. The van der Waals surface area contributed by atoms with Gasteiger partial charge in [-0.05, 0) is 25.5 Å². The molecule has 0 heterocycles. The first-order valence-electron chi connectivity index (χ1n) is 5.54. The Morgan fingerprint density at radius 3 is 2.72 bits per heavy atom. The lowest BCUT2D eigenvalue weighted by molar-refractivity contribution is -0.149. The standard InChI is InChI=1S/C12H17FN2O3/c1-3-18-12(17)9(13)10(15)8-6(2)4-5-7(14)11(8)16/h4-5,9-10,16H,3,14-15H2,1-2H3/t9?,10-/m1/s1. The van der Waals surface area contributed by atoms with Gasteiger partial charge in [-0.1, -0.05) is 6.07 Å². The van der Waals surface area contributed by atoms with Gasteiger partial charge in [-0.2, -0.15) is 0 Å². The molecule has 0 aliphatic rings. The highest BCUT2D eigenvalue weighted by molar-refractivity contribution is 5.76. The van der Waals surface area contributed by atoms with Gasteiger partial charge in [-0.15, -0.1) is 0 Å². The number of phenolic OH excluding ortho intramolecular Hbond substituents is 1. The number of rotatable bonds is 4. The summed E-state index contributed by atoms with van der Waals surface area (Å²) in [4.78, 5) is 11.3. The Hall–Kier alpha value is -1.82. The molecule has 0 radical (unpaired) electrons. The highest BCUT2D eigenvalue weighted by Gasteiger charge is 2.31. The molecule has 0 aliphatic heterocycles. The third-order valence-corrected chi connectivity index (χ3v) is 2.63. The Bertz CT molecular complexity index is 451. The smallest absolute Gasteiger partial charge is 0.342 e. The molecule has 0 saturated heterocycles. The number of phenols is 1. The van der Waals surface area contributed by atoms with Gasteiger partial charge in [0.05, 0.1) is 18.3 Å². The van der Waals surface area contributed by atoms with Gasteiger partial charge in [0.15, 0.2) is 0 Å². The molecule has 5 nitrogen and oxygen atoms in total. The summed E-state index contributed by atoms with van der Waals surface area (Å²) in [6.07, 6.45) is -2.05. The van der Waals surface area contributed by atoms with Gasteiger partial charge in [-0.3, -0.25) is 0 Å². The van der Waals surface area contributed by atoms with E-state index in [9.17, 15) is 14.3 Å². The van der Waals surface area contributed by atoms with Crippen LogP contribution >= 0.6 is 0 Å². The Morgan fingerprint density at radius 2 is 2.17 bits per heavy atom. The van der Waals surface area contributed by atoms with Crippen molar-refractivity contribution in [3.05, 3.63) is 23.3 Å². The summed E-state index contributed by atoms with van der Waals surface area (Å²) < 4.78 is 18.4. The zero-order valence-corrected chi connectivity index (χ0v) is 10.3. The van der Waals surface area contributed by atoms with Crippen LogP contribution in [0, 0.1) is 6.92 Å². The molecule has 5 N–H and O–H groups in total. The van der Waals surface area contributed by atoms with Crippen molar-refractivity contribution < 1.29 is 19.0 Å². The molecule has 0 amide bonds. The lowest BCUT2D eigenvalue weighted by atomic mass is 9.96. The first kappa shape index (κ1) is 14.2. The minimum atomic E-state index is -2.05. The largest absolute Gasteiger partial charge is 0.505 e. The van der Waals surface area contributed by atoms with E-state index in [4.69, 9.17) is 11.5 Å². The van der Waals surface area contributed by atoms with Crippen molar-refractivity contribution in [1.82, 2.24) is 0 Å². The molecule has 1 rings (SSSR count). The summed E-state index contributed by atoms with van der Waals surface area (Å²) in [5, 5.41) is 9.79. The second kappa shape index (κ2) is 5.68. The van der Waals surface area contributed by atoms with Gasteiger partial charge in [0, 0.05) is 5.56 Å². The van der Waals surface area contributed by atoms with Crippen LogP contribution in [0.5, 0.6) is 5.75 Å². The van der Waals surface area contributed by atoms with Gasteiger partial charge in [-0.25, -0.2) is 9.18 Å². The number of ether oxygens (including phenoxy) is 1. The number of carbonyl (C=O) groups excluding carboxylic acids is 1. The molecule has 0 fully saturated rings. The fourth-order valence-electron chi connectivity index (χ4n) is 1.66. The van der Waals surface area contributed by atoms with E-state index < -0.39 is 18.2 Å². The van der Waals surface area contributed by atoms with Crippen molar-refractivity contribution >= 4 is 11.7 Å². The zero-order chi connectivity index (χ0) is 13.9. The molecule has 18 heavy (non-hydrogen) atoms. The number of carbonyl (C=O) groups is 1. The molecule has 6 heteroatoms. The molecule has 0 aromatic heterocycles. The quantitative estimate of drug-likeness (QED) is 0.427. The number of nitrogens with two attached hydrogens (primary N) is 2. The maximum Gasteiger partial charge on any atom is 0.342 e. The van der Waals surface area contributed by atoms with Crippen LogP contribution in [0.25, 0.3) is 0 Å². The highest BCUT2D eigenvalue weighted by atomic mass is 19.1. The molecule has 100 valence electrons. The first-order chi connectivity index (χ1) is 8.40. The molecule has 1 aromatic rings. The maximum absolute atomic E-state index is 13.8. The van der Waals surface area contributed by atoms with Crippen LogP contribution in [0.4, 0.5) is 10.1 Å². The lowest BCUT2D eigenvalue weighted by Crippen LogP contribution is -2.32. The number of hydrogen-bond donors (Lipinski definition) is 3. The number of aryl methyl sites for hydroxylation is 1. The number of hydrogen-bond acceptors (Lipinski definition) is 5. The Balaban J connectivity index is 3.07. The monoisotopic (exact) mass is 256 g/mol. The molecule has 1 unspecified atom stereocenters. The van der Waals surface area contributed by atoms with Gasteiger partial charge in [0.2, 0.25) is 6.17 Å². The van der Waals surface area contributed by atoms with Crippen molar-refractivity contribution in [3.8, 4) is 5.75 Å². The van der Waals surface area contributed by atoms with E-state index in [0.29, 0.717) is 5.56 Å². The molecular weight excluding hydrogens is 239 g/mol. The summed E-state index contributed by atoms with van der Waals surface area (Å²) in [6.45, 7) is 3.28. The summed E-state index contributed by atoms with van der Waals surface area (Å²) in [5.74, 6) is -1.35. The SMILES string of the molecule is CCOC(=O)C(F)[C@H](N)c1c(C)ccc(N)c1O. The maximum atomic E-state index is 13.8. The Kier molecular flexibility index (Phi) is 4.49. The van der Waals surface area contributed by atoms with Crippen LogP contribution in [0.2, 0.25) is 0 Å². The van der Waals surface area contributed by atoms with E-state index >= 15 is 0 Å². The van der Waals surface area contributed by atoms with Gasteiger partial charge < -0.3 is 21.3 Å². The summed E-state index contributed by atoms with van der Waals surface area (Å²) >= 11 is 0. The average Bonchev–Trinajstić information content (AvgIpc) is 2.33. The van der Waals surface area contributed by atoms with Gasteiger partial charge in [0.1, 0.15) is 5.75 Å². The fraction of sp³-hybridized carbons (Fsp3) is 0.417. The second-order valence-corrected chi connectivity index (χ2v) is 3.91.